The quantitative estimate of drug-likeness (QED) is 0.485. The third-order valence-electron chi connectivity index (χ3n) is 1.43. The van der Waals surface area contributed by atoms with Gasteiger partial charge in [-0.3, -0.25) is 0 Å². The lowest BCUT2D eigenvalue weighted by atomic mass is 10.2. The first-order valence-corrected chi connectivity index (χ1v) is 3.84. The van der Waals surface area contributed by atoms with E-state index >= 15 is 0 Å². The Morgan fingerprint density at radius 1 is 1.08 bits per heavy atom. The van der Waals surface area contributed by atoms with Crippen LogP contribution >= 0.6 is 0 Å². The summed E-state index contributed by atoms with van der Waals surface area (Å²) < 4.78 is 30.9. The zero-order valence-electron chi connectivity index (χ0n) is 8.37. The first kappa shape index (κ1) is 11.9. The Balaban J connectivity index is 5.18. The van der Waals surface area contributed by atoms with Gasteiger partial charge in [-0.05, 0) is 31.9 Å². The van der Waals surface area contributed by atoms with E-state index in [1.807, 2.05) is 0 Å². The smallest absolute Gasteiger partial charge is 0.200 e. The number of hydrogen-bond acceptors (Lipinski definition) is 1. The van der Waals surface area contributed by atoms with Crippen LogP contribution < -0.4 is 0 Å². The molecule has 0 amide bonds. The van der Waals surface area contributed by atoms with Gasteiger partial charge in [-0.15, -0.1) is 0 Å². The zero-order valence-corrected chi connectivity index (χ0v) is 8.37. The van der Waals surface area contributed by atoms with Crippen molar-refractivity contribution in [2.45, 2.75) is 20.8 Å². The van der Waals surface area contributed by atoms with Crippen molar-refractivity contribution < 1.29 is 13.5 Å². The van der Waals surface area contributed by atoms with Gasteiger partial charge in [-0.2, -0.15) is 4.39 Å². The molecule has 3 heteroatoms. The Bertz CT molecular complexity index is 271. The standard InChI is InChI=1S/C10H14F2O/c1-6(2)8(11)9(12)10(13-5)7(3)4/h1H2,2-5H3. The molecule has 0 aliphatic carbocycles. The minimum Gasteiger partial charge on any atom is -0.494 e. The van der Waals surface area contributed by atoms with E-state index < -0.39 is 11.7 Å². The molecule has 0 bridgehead atoms. The van der Waals surface area contributed by atoms with Crippen molar-refractivity contribution in [3.05, 3.63) is 35.1 Å². The van der Waals surface area contributed by atoms with Crippen molar-refractivity contribution in [1.29, 1.82) is 0 Å². The van der Waals surface area contributed by atoms with Gasteiger partial charge in [0.15, 0.2) is 11.6 Å². The van der Waals surface area contributed by atoms with Gasteiger partial charge < -0.3 is 4.74 Å². The highest BCUT2D eigenvalue weighted by Gasteiger charge is 2.13. The van der Waals surface area contributed by atoms with E-state index in [1.165, 1.54) is 14.0 Å². The topological polar surface area (TPSA) is 9.23 Å². The summed E-state index contributed by atoms with van der Waals surface area (Å²) in [5.74, 6) is -2.02. The van der Waals surface area contributed by atoms with Gasteiger partial charge >= 0.3 is 0 Å². The van der Waals surface area contributed by atoms with Crippen molar-refractivity contribution in [2.24, 2.45) is 0 Å². The molecule has 0 unspecified atom stereocenters. The van der Waals surface area contributed by atoms with E-state index in [2.05, 4.69) is 6.58 Å². The van der Waals surface area contributed by atoms with Crippen molar-refractivity contribution in [3.8, 4) is 0 Å². The summed E-state index contributed by atoms with van der Waals surface area (Å²) in [6.07, 6.45) is 0. The zero-order chi connectivity index (χ0) is 10.6. The molecule has 0 saturated carbocycles. The Hall–Kier alpha value is -1.12. The average molecular weight is 188 g/mol. The summed E-state index contributed by atoms with van der Waals surface area (Å²) in [5.41, 5.74) is 0.629. The minimum absolute atomic E-state index is 0.0494. The van der Waals surface area contributed by atoms with Crippen LogP contribution in [-0.2, 0) is 4.74 Å². The predicted octanol–water partition coefficient (Wildman–Crippen LogP) is 3.65. The molecule has 0 aliphatic rings. The highest BCUT2D eigenvalue weighted by atomic mass is 19.2. The van der Waals surface area contributed by atoms with Crippen LogP contribution in [0.2, 0.25) is 0 Å². The third-order valence-corrected chi connectivity index (χ3v) is 1.43. The first-order chi connectivity index (χ1) is 5.91. The summed E-state index contributed by atoms with van der Waals surface area (Å²) in [4.78, 5) is 0. The van der Waals surface area contributed by atoms with Crippen LogP contribution in [0.4, 0.5) is 8.78 Å². The molecule has 0 radical (unpaired) electrons. The fourth-order valence-corrected chi connectivity index (χ4v) is 0.800. The van der Waals surface area contributed by atoms with Crippen LogP contribution in [0.1, 0.15) is 20.8 Å². The Labute approximate surface area is 77.4 Å². The van der Waals surface area contributed by atoms with Gasteiger partial charge in [0.25, 0.3) is 0 Å². The van der Waals surface area contributed by atoms with E-state index in [1.54, 1.807) is 13.8 Å². The molecule has 0 aromatic carbocycles. The Morgan fingerprint density at radius 3 is 1.77 bits per heavy atom. The van der Waals surface area contributed by atoms with Crippen LogP contribution in [-0.4, -0.2) is 7.11 Å². The summed E-state index contributed by atoms with van der Waals surface area (Å²) in [5, 5.41) is 0. The lowest BCUT2D eigenvalue weighted by Gasteiger charge is -2.06. The molecule has 0 saturated heterocycles. The van der Waals surface area contributed by atoms with E-state index in [-0.39, 0.29) is 11.3 Å². The molecule has 1 nitrogen and oxygen atoms in total. The van der Waals surface area contributed by atoms with Gasteiger partial charge in [0.05, 0.1) is 7.11 Å². The lowest BCUT2D eigenvalue weighted by molar-refractivity contribution is 0.274. The molecular formula is C10H14F2O. The largest absolute Gasteiger partial charge is 0.494 e. The van der Waals surface area contributed by atoms with Crippen molar-refractivity contribution in [3.63, 3.8) is 0 Å². The van der Waals surface area contributed by atoms with Crippen LogP contribution in [0.15, 0.2) is 35.1 Å². The second kappa shape index (κ2) is 4.80. The molecule has 0 spiro atoms. The highest BCUT2D eigenvalue weighted by Crippen LogP contribution is 2.24. The monoisotopic (exact) mass is 188 g/mol. The maximum atomic E-state index is 13.2. The minimum atomic E-state index is -0.991. The summed E-state index contributed by atoms with van der Waals surface area (Å²) >= 11 is 0. The van der Waals surface area contributed by atoms with Crippen LogP contribution in [0.25, 0.3) is 0 Å². The maximum absolute atomic E-state index is 13.2. The molecule has 74 valence electrons. The fraction of sp³-hybridized carbons (Fsp3) is 0.400. The Kier molecular flexibility index (Phi) is 4.38. The third kappa shape index (κ3) is 3.01. The van der Waals surface area contributed by atoms with Gasteiger partial charge in [0.2, 0.25) is 5.83 Å². The normalized spacial score (nSPS) is 11.8. The van der Waals surface area contributed by atoms with E-state index in [0.29, 0.717) is 5.57 Å². The number of hydrogen-bond donors (Lipinski definition) is 0. The Morgan fingerprint density at radius 2 is 1.54 bits per heavy atom. The van der Waals surface area contributed by atoms with Gasteiger partial charge in [-0.1, -0.05) is 6.58 Å². The molecule has 0 atom stereocenters. The van der Waals surface area contributed by atoms with Gasteiger partial charge in [0.1, 0.15) is 0 Å². The van der Waals surface area contributed by atoms with Crippen LogP contribution in [0, 0.1) is 0 Å². The summed E-state index contributed by atoms with van der Waals surface area (Å²) in [6, 6.07) is 0. The molecule has 0 aromatic rings. The van der Waals surface area contributed by atoms with E-state index in [0.717, 1.165) is 0 Å². The molecule has 0 rings (SSSR count). The van der Waals surface area contributed by atoms with Crippen LogP contribution in [0.5, 0.6) is 0 Å². The second-order valence-electron chi connectivity index (χ2n) is 2.94. The van der Waals surface area contributed by atoms with Gasteiger partial charge in [-0.25, -0.2) is 4.39 Å². The molecule has 0 N–H and O–H groups in total. The molecular weight excluding hydrogens is 174 g/mol. The molecule has 13 heavy (non-hydrogen) atoms. The highest BCUT2D eigenvalue weighted by molar-refractivity contribution is 5.34. The van der Waals surface area contributed by atoms with E-state index in [4.69, 9.17) is 4.74 Å². The first-order valence-electron chi connectivity index (χ1n) is 3.84. The number of halogens is 2. The van der Waals surface area contributed by atoms with E-state index in [9.17, 15) is 8.78 Å². The summed E-state index contributed by atoms with van der Waals surface area (Å²) in [7, 11) is 1.30. The summed E-state index contributed by atoms with van der Waals surface area (Å²) in [6.45, 7) is 7.98. The fourth-order valence-electron chi connectivity index (χ4n) is 0.800. The second-order valence-corrected chi connectivity index (χ2v) is 2.94. The average Bonchev–Trinajstić information content (AvgIpc) is 2.03. The number of ether oxygens (including phenoxy) is 1. The molecule has 0 fully saturated rings. The van der Waals surface area contributed by atoms with Crippen molar-refractivity contribution in [2.75, 3.05) is 7.11 Å². The van der Waals surface area contributed by atoms with Gasteiger partial charge in [0, 0.05) is 0 Å². The number of methoxy groups -OCH3 is 1. The number of allylic oxidation sites excluding steroid dienone is 4. The lowest BCUT2D eigenvalue weighted by Crippen LogP contribution is -1.94. The SMILES string of the molecule is C=C(C)C(F)=C(F)C(OC)=C(C)C. The maximum Gasteiger partial charge on any atom is 0.200 e. The van der Waals surface area contributed by atoms with Crippen LogP contribution in [0.3, 0.4) is 0 Å². The molecule has 0 aliphatic heterocycles. The number of rotatable bonds is 3. The predicted molar refractivity (Wildman–Crippen MR) is 49.4 cm³/mol. The van der Waals surface area contributed by atoms with Crippen molar-refractivity contribution in [1.82, 2.24) is 0 Å². The molecule has 0 aromatic heterocycles. The molecule has 0 heterocycles. The van der Waals surface area contributed by atoms with Crippen molar-refractivity contribution >= 4 is 0 Å².